The number of hydrogen-bond donors (Lipinski definition) is 1. The monoisotopic (exact) mass is 267 g/mol. The molecule has 2 rings (SSSR count). The van der Waals surface area contributed by atoms with Crippen molar-refractivity contribution in [2.45, 2.75) is 12.5 Å². The van der Waals surface area contributed by atoms with Gasteiger partial charge in [-0.15, -0.1) is 17.9 Å². The minimum Gasteiger partial charge on any atom is -0.467 e. The number of nitrogens with one attached hydrogen (secondary N) is 1. The van der Waals surface area contributed by atoms with Gasteiger partial charge in [-0.3, -0.25) is 0 Å². The van der Waals surface area contributed by atoms with Crippen molar-refractivity contribution in [3.63, 3.8) is 0 Å². The van der Waals surface area contributed by atoms with Crippen LogP contribution in [0, 0.1) is 0 Å². The molecule has 0 aromatic carbocycles. The summed E-state index contributed by atoms with van der Waals surface area (Å²) in [5, 5.41) is 3.44. The summed E-state index contributed by atoms with van der Waals surface area (Å²) in [6.07, 6.45) is 4.51. The Kier molecular flexibility index (Phi) is 4.42. The van der Waals surface area contributed by atoms with Crippen LogP contribution in [0.15, 0.2) is 47.6 Å². The van der Waals surface area contributed by atoms with E-state index in [0.29, 0.717) is 0 Å². The number of thiophene rings is 1. The van der Waals surface area contributed by atoms with Crippen molar-refractivity contribution >= 4 is 22.9 Å². The van der Waals surface area contributed by atoms with Crippen LogP contribution >= 0.6 is 22.9 Å². The zero-order chi connectivity index (χ0) is 12.1. The molecule has 90 valence electrons. The van der Waals surface area contributed by atoms with E-state index in [1.165, 1.54) is 0 Å². The van der Waals surface area contributed by atoms with Gasteiger partial charge in [0.05, 0.1) is 10.6 Å². The summed E-state index contributed by atoms with van der Waals surface area (Å²) in [6, 6.07) is 7.88. The van der Waals surface area contributed by atoms with Crippen LogP contribution in [0.1, 0.15) is 23.1 Å². The van der Waals surface area contributed by atoms with E-state index in [0.717, 1.165) is 27.9 Å². The van der Waals surface area contributed by atoms with Crippen LogP contribution < -0.4 is 5.32 Å². The fourth-order valence-corrected chi connectivity index (χ4v) is 2.76. The van der Waals surface area contributed by atoms with Crippen molar-refractivity contribution in [3.05, 3.63) is 58.2 Å². The molecule has 2 aromatic heterocycles. The molecule has 2 nitrogen and oxygen atoms in total. The molecule has 1 atom stereocenters. The summed E-state index contributed by atoms with van der Waals surface area (Å²) in [6.45, 7) is 4.58. The first-order valence-electron chi connectivity index (χ1n) is 5.44. The lowest BCUT2D eigenvalue weighted by Gasteiger charge is -2.14. The highest BCUT2D eigenvalue weighted by Crippen LogP contribution is 2.31. The molecule has 0 bridgehead atoms. The molecule has 0 spiro atoms. The van der Waals surface area contributed by atoms with Crippen LogP contribution in [0.2, 0.25) is 4.34 Å². The second kappa shape index (κ2) is 6.05. The number of rotatable bonds is 6. The van der Waals surface area contributed by atoms with E-state index in [-0.39, 0.29) is 6.04 Å². The average molecular weight is 268 g/mol. The molecule has 0 aliphatic carbocycles. The SMILES string of the molecule is C=CCCNC(c1ccco1)c1ccc(Cl)s1. The van der Waals surface area contributed by atoms with Crippen LogP contribution in [0.3, 0.4) is 0 Å². The van der Waals surface area contributed by atoms with Gasteiger partial charge in [-0.25, -0.2) is 0 Å². The second-order valence-electron chi connectivity index (χ2n) is 3.62. The Labute approximate surface area is 110 Å². The van der Waals surface area contributed by atoms with Crippen molar-refractivity contribution in [3.8, 4) is 0 Å². The molecule has 0 fully saturated rings. The topological polar surface area (TPSA) is 25.2 Å². The predicted molar refractivity (Wildman–Crippen MR) is 72.7 cm³/mol. The molecule has 2 aromatic rings. The predicted octanol–water partition coefficient (Wildman–Crippen LogP) is 4.25. The van der Waals surface area contributed by atoms with Gasteiger partial charge in [0.15, 0.2) is 0 Å². The van der Waals surface area contributed by atoms with Gasteiger partial charge >= 0.3 is 0 Å². The highest BCUT2D eigenvalue weighted by molar-refractivity contribution is 7.16. The first-order valence-corrected chi connectivity index (χ1v) is 6.63. The maximum Gasteiger partial charge on any atom is 0.126 e. The fourth-order valence-electron chi connectivity index (χ4n) is 1.61. The van der Waals surface area contributed by atoms with Gasteiger partial charge < -0.3 is 9.73 Å². The zero-order valence-corrected chi connectivity index (χ0v) is 10.9. The molecule has 4 heteroatoms. The van der Waals surface area contributed by atoms with Crippen LogP contribution in [-0.2, 0) is 0 Å². The Morgan fingerprint density at radius 2 is 2.35 bits per heavy atom. The van der Waals surface area contributed by atoms with Crippen molar-refractivity contribution in [2.24, 2.45) is 0 Å². The number of furan rings is 1. The maximum absolute atomic E-state index is 5.97. The van der Waals surface area contributed by atoms with Gasteiger partial charge in [-0.05, 0) is 37.2 Å². The lowest BCUT2D eigenvalue weighted by molar-refractivity contribution is 0.452. The smallest absolute Gasteiger partial charge is 0.126 e. The minimum absolute atomic E-state index is 0.0717. The maximum atomic E-state index is 5.97. The highest BCUT2D eigenvalue weighted by atomic mass is 35.5. The third-order valence-corrected chi connectivity index (χ3v) is 3.70. The Morgan fingerprint density at radius 1 is 1.47 bits per heavy atom. The van der Waals surface area contributed by atoms with Crippen molar-refractivity contribution in [1.29, 1.82) is 0 Å². The molecular weight excluding hydrogens is 254 g/mol. The second-order valence-corrected chi connectivity index (χ2v) is 5.37. The highest BCUT2D eigenvalue weighted by Gasteiger charge is 2.17. The quantitative estimate of drug-likeness (QED) is 0.625. The van der Waals surface area contributed by atoms with Crippen molar-refractivity contribution in [1.82, 2.24) is 5.32 Å². The summed E-state index contributed by atoms with van der Waals surface area (Å²) < 4.78 is 6.26. The third-order valence-electron chi connectivity index (χ3n) is 2.40. The lowest BCUT2D eigenvalue weighted by atomic mass is 10.2. The largest absolute Gasteiger partial charge is 0.467 e. The summed E-state index contributed by atoms with van der Waals surface area (Å²) >= 11 is 7.54. The minimum atomic E-state index is 0.0717. The number of hydrogen-bond acceptors (Lipinski definition) is 3. The van der Waals surface area contributed by atoms with Crippen LogP contribution in [0.25, 0.3) is 0 Å². The molecule has 0 saturated heterocycles. The molecule has 1 unspecified atom stereocenters. The molecule has 17 heavy (non-hydrogen) atoms. The summed E-state index contributed by atoms with van der Waals surface area (Å²) in [5.74, 6) is 0.910. The van der Waals surface area contributed by atoms with Gasteiger partial charge in [0.1, 0.15) is 11.8 Å². The standard InChI is InChI=1S/C13H14ClNOS/c1-2-3-8-15-13(10-5-4-9-16-10)11-6-7-12(14)17-11/h2,4-7,9,13,15H,1,3,8H2. The van der Waals surface area contributed by atoms with Crippen LogP contribution in [0.4, 0.5) is 0 Å². The van der Waals surface area contributed by atoms with E-state index in [1.54, 1.807) is 17.6 Å². The van der Waals surface area contributed by atoms with E-state index >= 15 is 0 Å². The van der Waals surface area contributed by atoms with Crippen LogP contribution in [0.5, 0.6) is 0 Å². The Hall–Kier alpha value is -1.03. The Bertz CT molecular complexity index is 463. The van der Waals surface area contributed by atoms with Crippen molar-refractivity contribution < 1.29 is 4.42 Å². The molecule has 0 radical (unpaired) electrons. The van der Waals surface area contributed by atoms with Crippen molar-refractivity contribution in [2.75, 3.05) is 6.54 Å². The normalized spacial score (nSPS) is 12.5. The summed E-state index contributed by atoms with van der Waals surface area (Å²) in [7, 11) is 0. The van der Waals surface area contributed by atoms with E-state index < -0.39 is 0 Å². The van der Waals surface area contributed by atoms with E-state index in [2.05, 4.69) is 11.9 Å². The first-order chi connectivity index (χ1) is 8.31. The molecule has 0 aliphatic heterocycles. The zero-order valence-electron chi connectivity index (χ0n) is 9.36. The molecular formula is C13H14ClNOS. The molecule has 2 heterocycles. The molecule has 0 saturated carbocycles. The van der Waals surface area contributed by atoms with E-state index in [1.807, 2.05) is 30.3 Å². The Morgan fingerprint density at radius 3 is 2.94 bits per heavy atom. The van der Waals surface area contributed by atoms with Gasteiger partial charge in [0.25, 0.3) is 0 Å². The summed E-state index contributed by atoms with van der Waals surface area (Å²) in [5.41, 5.74) is 0. The Balaban J connectivity index is 2.15. The van der Waals surface area contributed by atoms with Gasteiger partial charge in [0, 0.05) is 4.88 Å². The van der Waals surface area contributed by atoms with E-state index in [4.69, 9.17) is 16.0 Å². The van der Waals surface area contributed by atoms with E-state index in [9.17, 15) is 0 Å². The van der Waals surface area contributed by atoms with Gasteiger partial charge in [-0.1, -0.05) is 17.7 Å². The molecule has 1 N–H and O–H groups in total. The van der Waals surface area contributed by atoms with Gasteiger partial charge in [-0.2, -0.15) is 0 Å². The first kappa shape index (κ1) is 12.4. The summed E-state index contributed by atoms with van der Waals surface area (Å²) in [4.78, 5) is 1.16. The van der Waals surface area contributed by atoms with Crippen LogP contribution in [-0.4, -0.2) is 6.54 Å². The molecule has 0 aliphatic rings. The third kappa shape index (κ3) is 3.22. The fraction of sp³-hybridized carbons (Fsp3) is 0.231. The van der Waals surface area contributed by atoms with Gasteiger partial charge in [0.2, 0.25) is 0 Å². The lowest BCUT2D eigenvalue weighted by Crippen LogP contribution is -2.21. The number of halogens is 1. The average Bonchev–Trinajstić information content (AvgIpc) is 2.96. The molecule has 0 amide bonds.